The molecular formula is C14H22N4O2S. The van der Waals surface area contributed by atoms with Crippen molar-refractivity contribution >= 4 is 17.7 Å². The standard InChI is InChI=1S/C14H22N4O2S/c19-7-10-3-1-2-4-12(10)16-13(20)8-21-14-17-15-9-18(14)11-5-6-11/h9-12,19H,1-8H2,(H,16,20). The Morgan fingerprint density at radius 2 is 2.19 bits per heavy atom. The van der Waals surface area contributed by atoms with Crippen LogP contribution < -0.4 is 5.32 Å². The molecule has 6 nitrogen and oxygen atoms in total. The van der Waals surface area contributed by atoms with Crippen molar-refractivity contribution in [3.05, 3.63) is 6.33 Å². The maximum Gasteiger partial charge on any atom is 0.230 e. The molecule has 0 radical (unpaired) electrons. The van der Waals surface area contributed by atoms with E-state index in [1.165, 1.54) is 24.6 Å². The molecule has 2 unspecified atom stereocenters. The van der Waals surface area contributed by atoms with Gasteiger partial charge in [-0.05, 0) is 25.7 Å². The number of hydrogen-bond donors (Lipinski definition) is 2. The molecule has 0 aromatic carbocycles. The number of aromatic nitrogens is 3. The Balaban J connectivity index is 1.48. The number of carbonyl (C=O) groups excluding carboxylic acids is 1. The Morgan fingerprint density at radius 1 is 1.38 bits per heavy atom. The molecule has 116 valence electrons. The summed E-state index contributed by atoms with van der Waals surface area (Å²) in [5.74, 6) is 0.596. The molecule has 0 saturated heterocycles. The van der Waals surface area contributed by atoms with Crippen LogP contribution in [0.1, 0.15) is 44.6 Å². The zero-order valence-corrected chi connectivity index (χ0v) is 12.9. The second-order valence-corrected chi connectivity index (χ2v) is 6.88. The summed E-state index contributed by atoms with van der Waals surface area (Å²) in [6.07, 6.45) is 8.36. The van der Waals surface area contributed by atoms with Crippen LogP contribution in [0.15, 0.2) is 11.5 Å². The lowest BCUT2D eigenvalue weighted by Crippen LogP contribution is -2.44. The zero-order valence-electron chi connectivity index (χ0n) is 12.1. The van der Waals surface area contributed by atoms with E-state index in [2.05, 4.69) is 20.1 Å². The molecule has 0 spiro atoms. The molecule has 0 aliphatic heterocycles. The van der Waals surface area contributed by atoms with Crippen molar-refractivity contribution in [2.24, 2.45) is 5.92 Å². The van der Waals surface area contributed by atoms with E-state index in [9.17, 15) is 9.90 Å². The van der Waals surface area contributed by atoms with Crippen LogP contribution in [0.2, 0.25) is 0 Å². The van der Waals surface area contributed by atoms with E-state index in [0.717, 1.165) is 30.8 Å². The van der Waals surface area contributed by atoms with Gasteiger partial charge in [0.05, 0.1) is 5.75 Å². The summed E-state index contributed by atoms with van der Waals surface area (Å²) in [4.78, 5) is 12.1. The molecule has 7 heteroatoms. The van der Waals surface area contributed by atoms with E-state index in [1.54, 1.807) is 6.33 Å². The van der Waals surface area contributed by atoms with Crippen molar-refractivity contribution in [2.45, 2.75) is 55.8 Å². The van der Waals surface area contributed by atoms with E-state index >= 15 is 0 Å². The number of carbonyl (C=O) groups is 1. The Morgan fingerprint density at radius 3 is 2.95 bits per heavy atom. The average molecular weight is 310 g/mol. The topological polar surface area (TPSA) is 80.0 Å². The van der Waals surface area contributed by atoms with Gasteiger partial charge in [-0.25, -0.2) is 0 Å². The van der Waals surface area contributed by atoms with Gasteiger partial charge >= 0.3 is 0 Å². The van der Waals surface area contributed by atoms with Crippen LogP contribution in [-0.4, -0.2) is 44.2 Å². The predicted molar refractivity (Wildman–Crippen MR) is 80.0 cm³/mol. The fourth-order valence-electron chi connectivity index (χ4n) is 2.93. The van der Waals surface area contributed by atoms with Gasteiger partial charge in [0.2, 0.25) is 5.91 Å². The van der Waals surface area contributed by atoms with Gasteiger partial charge in [-0.15, -0.1) is 10.2 Å². The van der Waals surface area contributed by atoms with Crippen LogP contribution in [0.4, 0.5) is 0 Å². The highest BCUT2D eigenvalue weighted by molar-refractivity contribution is 7.99. The highest BCUT2D eigenvalue weighted by atomic mass is 32.2. The van der Waals surface area contributed by atoms with Gasteiger partial charge in [0, 0.05) is 24.6 Å². The Hall–Kier alpha value is -1.08. The summed E-state index contributed by atoms with van der Waals surface area (Å²) in [5.41, 5.74) is 0. The maximum absolute atomic E-state index is 12.1. The van der Waals surface area contributed by atoms with Crippen LogP contribution >= 0.6 is 11.8 Å². The normalized spacial score (nSPS) is 25.8. The van der Waals surface area contributed by atoms with E-state index < -0.39 is 0 Å². The van der Waals surface area contributed by atoms with Gasteiger partial charge in [-0.2, -0.15) is 0 Å². The maximum atomic E-state index is 12.1. The van der Waals surface area contributed by atoms with Gasteiger partial charge in [0.1, 0.15) is 6.33 Å². The number of aliphatic hydroxyl groups is 1. The number of rotatable bonds is 6. The summed E-state index contributed by atoms with van der Waals surface area (Å²) < 4.78 is 2.06. The quantitative estimate of drug-likeness (QED) is 0.776. The van der Waals surface area contributed by atoms with Gasteiger partial charge in [-0.1, -0.05) is 24.6 Å². The molecule has 2 fully saturated rings. The minimum absolute atomic E-state index is 0.0238. The third-order valence-electron chi connectivity index (χ3n) is 4.30. The molecule has 1 aromatic rings. The lowest BCUT2D eigenvalue weighted by atomic mass is 9.85. The fraction of sp³-hybridized carbons (Fsp3) is 0.786. The third kappa shape index (κ3) is 3.77. The summed E-state index contributed by atoms with van der Waals surface area (Å²) in [7, 11) is 0. The number of hydrogen-bond acceptors (Lipinski definition) is 5. The molecule has 21 heavy (non-hydrogen) atoms. The Kier molecular flexibility index (Phi) is 4.80. The monoisotopic (exact) mass is 310 g/mol. The van der Waals surface area contributed by atoms with Gasteiger partial charge in [0.25, 0.3) is 0 Å². The zero-order chi connectivity index (χ0) is 14.7. The first-order valence-corrected chi connectivity index (χ1v) is 8.69. The number of amides is 1. The van der Waals surface area contributed by atoms with E-state index in [1.807, 2.05) is 0 Å². The van der Waals surface area contributed by atoms with Crippen molar-refractivity contribution in [1.82, 2.24) is 20.1 Å². The van der Waals surface area contributed by atoms with Crippen molar-refractivity contribution in [2.75, 3.05) is 12.4 Å². The number of nitrogens with zero attached hydrogens (tertiary/aromatic N) is 3. The minimum atomic E-state index is 0.0238. The first-order chi connectivity index (χ1) is 10.3. The van der Waals surface area contributed by atoms with Gasteiger partial charge < -0.3 is 15.0 Å². The van der Waals surface area contributed by atoms with Gasteiger partial charge in [-0.3, -0.25) is 4.79 Å². The Bertz CT molecular complexity index is 489. The molecular weight excluding hydrogens is 288 g/mol. The van der Waals surface area contributed by atoms with Crippen LogP contribution in [0.5, 0.6) is 0 Å². The summed E-state index contributed by atoms with van der Waals surface area (Å²) in [6, 6.07) is 0.654. The summed E-state index contributed by atoms with van der Waals surface area (Å²) in [5, 5.41) is 21.3. The molecule has 2 aliphatic rings. The SMILES string of the molecule is O=C(CSc1nncn1C1CC1)NC1CCCCC1CO. The van der Waals surface area contributed by atoms with Crippen LogP contribution in [-0.2, 0) is 4.79 Å². The Labute approximate surface area is 128 Å². The van der Waals surface area contributed by atoms with Crippen molar-refractivity contribution < 1.29 is 9.90 Å². The average Bonchev–Trinajstić information content (AvgIpc) is 3.24. The molecule has 1 heterocycles. The van der Waals surface area contributed by atoms with Crippen LogP contribution in [0, 0.1) is 5.92 Å². The van der Waals surface area contributed by atoms with E-state index in [-0.39, 0.29) is 24.5 Å². The molecule has 1 amide bonds. The molecule has 1 aromatic heterocycles. The second kappa shape index (κ2) is 6.79. The van der Waals surface area contributed by atoms with Gasteiger partial charge in [0.15, 0.2) is 5.16 Å². The molecule has 0 bridgehead atoms. The van der Waals surface area contributed by atoms with Crippen molar-refractivity contribution in [1.29, 1.82) is 0 Å². The third-order valence-corrected chi connectivity index (χ3v) is 5.26. The summed E-state index contributed by atoms with van der Waals surface area (Å²) in [6.45, 7) is 0.161. The lowest BCUT2D eigenvalue weighted by Gasteiger charge is -2.30. The first kappa shape index (κ1) is 14.8. The lowest BCUT2D eigenvalue weighted by molar-refractivity contribution is -0.120. The highest BCUT2D eigenvalue weighted by Crippen LogP contribution is 2.37. The first-order valence-electron chi connectivity index (χ1n) is 7.70. The number of thioether (sulfide) groups is 1. The molecule has 2 saturated carbocycles. The van der Waals surface area contributed by atoms with Crippen molar-refractivity contribution in [3.63, 3.8) is 0 Å². The molecule has 2 atom stereocenters. The van der Waals surface area contributed by atoms with E-state index in [4.69, 9.17) is 0 Å². The largest absolute Gasteiger partial charge is 0.396 e. The predicted octanol–water partition coefficient (Wildman–Crippen LogP) is 1.37. The minimum Gasteiger partial charge on any atom is -0.396 e. The second-order valence-electron chi connectivity index (χ2n) is 5.94. The molecule has 2 N–H and O–H groups in total. The van der Waals surface area contributed by atoms with Crippen LogP contribution in [0.3, 0.4) is 0 Å². The smallest absolute Gasteiger partial charge is 0.230 e. The summed E-state index contributed by atoms with van der Waals surface area (Å²) >= 11 is 1.44. The van der Waals surface area contributed by atoms with Crippen molar-refractivity contribution in [3.8, 4) is 0 Å². The molecule has 2 aliphatic carbocycles. The number of nitrogens with one attached hydrogen (secondary N) is 1. The fourth-order valence-corrected chi connectivity index (χ4v) is 3.73. The number of aliphatic hydroxyl groups excluding tert-OH is 1. The van der Waals surface area contributed by atoms with E-state index in [0.29, 0.717) is 11.8 Å². The molecule has 3 rings (SSSR count). The highest BCUT2D eigenvalue weighted by Gasteiger charge is 2.28. The van der Waals surface area contributed by atoms with Crippen LogP contribution in [0.25, 0.3) is 0 Å².